The van der Waals surface area contributed by atoms with Crippen molar-refractivity contribution in [3.63, 3.8) is 0 Å². The molecule has 1 aliphatic rings. The number of ether oxygens (including phenoxy) is 1. The van der Waals surface area contributed by atoms with Gasteiger partial charge in [-0.25, -0.2) is 0 Å². The lowest BCUT2D eigenvalue weighted by Gasteiger charge is -2.26. The number of nitrogens with zero attached hydrogens (tertiary/aromatic N) is 1. The van der Waals surface area contributed by atoms with E-state index in [4.69, 9.17) is 4.74 Å². The zero-order valence-electron chi connectivity index (χ0n) is 17.2. The minimum Gasteiger partial charge on any atom is -0.503 e. The second-order valence-electron chi connectivity index (χ2n) is 7.19. The van der Waals surface area contributed by atoms with Crippen molar-refractivity contribution < 1.29 is 19.4 Å². The largest absolute Gasteiger partial charge is 0.503 e. The molecule has 2 heterocycles. The zero-order valence-corrected chi connectivity index (χ0v) is 18.0. The lowest BCUT2D eigenvalue weighted by Crippen LogP contribution is -2.30. The Bertz CT molecular complexity index is 1090. The number of thiophene rings is 1. The number of carbonyl (C=O) groups excluding carboxylic acids is 2. The highest BCUT2D eigenvalue weighted by atomic mass is 32.1. The van der Waals surface area contributed by atoms with E-state index in [1.165, 1.54) is 16.2 Å². The van der Waals surface area contributed by atoms with Gasteiger partial charge in [-0.2, -0.15) is 0 Å². The fourth-order valence-corrected chi connectivity index (χ4v) is 4.60. The first kappa shape index (κ1) is 20.9. The van der Waals surface area contributed by atoms with E-state index in [0.29, 0.717) is 24.5 Å². The minimum absolute atomic E-state index is 0.164. The molecule has 0 spiro atoms. The number of benzene rings is 2. The number of carbonyl (C=O) groups is 2. The van der Waals surface area contributed by atoms with E-state index < -0.39 is 17.7 Å². The Hall–Kier alpha value is -3.38. The van der Waals surface area contributed by atoms with Gasteiger partial charge in [0.05, 0.1) is 12.2 Å². The van der Waals surface area contributed by atoms with Crippen molar-refractivity contribution in [1.29, 1.82) is 0 Å². The summed E-state index contributed by atoms with van der Waals surface area (Å²) in [6.07, 6.45) is 0.764. The van der Waals surface area contributed by atoms with E-state index in [2.05, 4.69) is 0 Å². The molecule has 3 aromatic rings. The van der Waals surface area contributed by atoms with Gasteiger partial charge < -0.3 is 9.84 Å². The molecule has 0 aliphatic carbocycles. The first-order chi connectivity index (χ1) is 15.1. The molecule has 0 bridgehead atoms. The van der Waals surface area contributed by atoms with Gasteiger partial charge in [0.2, 0.25) is 0 Å². The highest BCUT2D eigenvalue weighted by Gasteiger charge is 2.44. The van der Waals surface area contributed by atoms with Crippen LogP contribution in [0.1, 0.15) is 29.8 Å². The third-order valence-electron chi connectivity index (χ3n) is 5.23. The Kier molecular flexibility index (Phi) is 6.18. The molecule has 1 aliphatic heterocycles. The number of amides is 1. The summed E-state index contributed by atoms with van der Waals surface area (Å²) in [5, 5.41) is 12.6. The predicted octanol–water partition coefficient (Wildman–Crippen LogP) is 5.25. The monoisotopic (exact) mass is 433 g/mol. The third kappa shape index (κ3) is 4.25. The normalized spacial score (nSPS) is 16.1. The maximum atomic E-state index is 13.2. The van der Waals surface area contributed by atoms with E-state index in [0.717, 1.165) is 10.4 Å². The number of ketones is 1. The van der Waals surface area contributed by atoms with Crippen molar-refractivity contribution in [2.45, 2.75) is 25.8 Å². The molecule has 31 heavy (non-hydrogen) atoms. The van der Waals surface area contributed by atoms with Crippen molar-refractivity contribution in [2.75, 3.05) is 11.5 Å². The first-order valence-corrected chi connectivity index (χ1v) is 11.1. The quantitative estimate of drug-likeness (QED) is 0.527. The molecule has 5 nitrogen and oxygen atoms in total. The molecule has 0 saturated carbocycles. The van der Waals surface area contributed by atoms with Gasteiger partial charge in [0.25, 0.3) is 5.91 Å². The standard InChI is InChI=1S/C25H23NO4S/c1-2-30-19-13-11-18(12-14-19)26-23(21-9-6-16-31-21)22(24(28)25(26)29)20(27)15-10-17-7-4-3-5-8-17/h3-9,11-14,16,23,28H,2,10,15H2,1H3. The molecule has 0 saturated heterocycles. The average molecular weight is 434 g/mol. The van der Waals surface area contributed by atoms with Crippen molar-refractivity contribution in [3.8, 4) is 5.75 Å². The Morgan fingerprint density at radius 1 is 1.06 bits per heavy atom. The Morgan fingerprint density at radius 3 is 2.45 bits per heavy atom. The summed E-state index contributed by atoms with van der Waals surface area (Å²) in [4.78, 5) is 28.6. The van der Waals surface area contributed by atoms with Gasteiger partial charge in [-0.1, -0.05) is 36.4 Å². The van der Waals surface area contributed by atoms with Crippen LogP contribution in [0.2, 0.25) is 0 Å². The fourth-order valence-electron chi connectivity index (χ4n) is 3.78. The lowest BCUT2D eigenvalue weighted by atomic mass is 9.97. The molecule has 2 aromatic carbocycles. The molecule has 0 radical (unpaired) electrons. The molecular weight excluding hydrogens is 410 g/mol. The maximum absolute atomic E-state index is 13.2. The van der Waals surface area contributed by atoms with Crippen LogP contribution < -0.4 is 9.64 Å². The summed E-state index contributed by atoms with van der Waals surface area (Å²) in [6.45, 7) is 2.45. The van der Waals surface area contributed by atoms with Crippen LogP contribution >= 0.6 is 11.3 Å². The van der Waals surface area contributed by atoms with Crippen LogP contribution in [0, 0.1) is 0 Å². The highest BCUT2D eigenvalue weighted by molar-refractivity contribution is 7.10. The molecule has 6 heteroatoms. The number of hydrogen-bond donors (Lipinski definition) is 1. The summed E-state index contributed by atoms with van der Waals surface area (Å²) >= 11 is 1.45. The van der Waals surface area contributed by atoms with Crippen LogP contribution in [0.4, 0.5) is 5.69 Å². The van der Waals surface area contributed by atoms with E-state index in [1.54, 1.807) is 24.3 Å². The van der Waals surface area contributed by atoms with Crippen LogP contribution in [-0.2, 0) is 16.0 Å². The van der Waals surface area contributed by atoms with E-state index in [9.17, 15) is 14.7 Å². The Morgan fingerprint density at radius 2 is 1.81 bits per heavy atom. The van der Waals surface area contributed by atoms with E-state index >= 15 is 0 Å². The Labute approximate surface area is 185 Å². The lowest BCUT2D eigenvalue weighted by molar-refractivity contribution is -0.118. The summed E-state index contributed by atoms with van der Waals surface area (Å²) in [6, 6.07) is 19.9. The molecule has 0 fully saturated rings. The van der Waals surface area contributed by atoms with Crippen LogP contribution in [0.15, 0.2) is 83.4 Å². The van der Waals surface area contributed by atoms with Crippen molar-refractivity contribution in [1.82, 2.24) is 0 Å². The fraction of sp³-hybridized carbons (Fsp3) is 0.200. The zero-order chi connectivity index (χ0) is 21.8. The van der Waals surface area contributed by atoms with Gasteiger partial charge in [-0.3, -0.25) is 14.5 Å². The number of anilines is 1. The van der Waals surface area contributed by atoms with Crippen LogP contribution in [0.3, 0.4) is 0 Å². The summed E-state index contributed by atoms with van der Waals surface area (Å²) in [5.41, 5.74) is 1.80. The number of aryl methyl sites for hydroxylation is 1. The average Bonchev–Trinajstić information content (AvgIpc) is 3.41. The van der Waals surface area contributed by atoms with Crippen LogP contribution in [-0.4, -0.2) is 23.4 Å². The van der Waals surface area contributed by atoms with Crippen LogP contribution in [0.25, 0.3) is 0 Å². The molecule has 158 valence electrons. The van der Waals surface area contributed by atoms with Gasteiger partial charge in [0, 0.05) is 17.0 Å². The maximum Gasteiger partial charge on any atom is 0.294 e. The second kappa shape index (κ2) is 9.18. The first-order valence-electron chi connectivity index (χ1n) is 10.2. The molecule has 1 unspecified atom stereocenters. The molecule has 1 amide bonds. The minimum atomic E-state index is -0.645. The van der Waals surface area contributed by atoms with E-state index in [-0.39, 0.29) is 17.8 Å². The van der Waals surface area contributed by atoms with Gasteiger partial charge >= 0.3 is 0 Å². The molecular formula is C25H23NO4S. The molecule has 1 aromatic heterocycles. The van der Waals surface area contributed by atoms with E-state index in [1.807, 2.05) is 54.8 Å². The van der Waals surface area contributed by atoms with Gasteiger partial charge in [0.15, 0.2) is 11.5 Å². The molecule has 1 atom stereocenters. The summed E-state index contributed by atoms with van der Waals surface area (Å²) in [5.74, 6) is -0.556. The smallest absolute Gasteiger partial charge is 0.294 e. The number of hydrogen-bond acceptors (Lipinski definition) is 5. The third-order valence-corrected chi connectivity index (χ3v) is 6.16. The van der Waals surface area contributed by atoms with Gasteiger partial charge in [-0.15, -0.1) is 11.3 Å². The molecule has 1 N–H and O–H groups in total. The van der Waals surface area contributed by atoms with Crippen molar-refractivity contribution in [3.05, 3.63) is 93.9 Å². The second-order valence-corrected chi connectivity index (χ2v) is 8.17. The van der Waals surface area contributed by atoms with Crippen molar-refractivity contribution in [2.24, 2.45) is 0 Å². The number of aliphatic hydroxyl groups excluding tert-OH is 1. The van der Waals surface area contributed by atoms with Crippen LogP contribution in [0.5, 0.6) is 5.75 Å². The topological polar surface area (TPSA) is 66.8 Å². The number of Topliss-reactive ketones (excluding diaryl/α,β-unsaturated/α-hetero) is 1. The highest BCUT2D eigenvalue weighted by Crippen LogP contribution is 2.43. The number of aliphatic hydroxyl groups is 1. The van der Waals surface area contributed by atoms with Gasteiger partial charge in [0.1, 0.15) is 11.8 Å². The summed E-state index contributed by atoms with van der Waals surface area (Å²) < 4.78 is 5.49. The Balaban J connectivity index is 1.65. The molecule has 4 rings (SSSR count). The number of rotatable bonds is 8. The van der Waals surface area contributed by atoms with Gasteiger partial charge in [-0.05, 0) is 54.6 Å². The summed E-state index contributed by atoms with van der Waals surface area (Å²) in [7, 11) is 0. The SMILES string of the molecule is CCOc1ccc(N2C(=O)C(O)=C(C(=O)CCc3ccccc3)C2c2cccs2)cc1. The predicted molar refractivity (Wildman–Crippen MR) is 122 cm³/mol. The van der Waals surface area contributed by atoms with Crippen molar-refractivity contribution >= 4 is 28.7 Å².